The Labute approximate surface area is 116 Å². The highest BCUT2D eigenvalue weighted by molar-refractivity contribution is 9.10. The fraction of sp³-hybridized carbons (Fsp3) is 0.538. The molecule has 0 aromatic heterocycles. The molecule has 1 aliphatic heterocycles. The minimum absolute atomic E-state index is 0.0748. The van der Waals surface area contributed by atoms with Crippen molar-refractivity contribution in [1.82, 2.24) is 0 Å². The molecule has 0 radical (unpaired) electrons. The van der Waals surface area contributed by atoms with Crippen LogP contribution in [0.15, 0.2) is 22.7 Å². The first-order chi connectivity index (χ1) is 8.09. The Morgan fingerprint density at radius 3 is 2.82 bits per heavy atom. The molecule has 1 saturated heterocycles. The summed E-state index contributed by atoms with van der Waals surface area (Å²) in [7, 11) is 2.18. The van der Waals surface area contributed by atoms with E-state index in [1.54, 1.807) is 0 Å². The van der Waals surface area contributed by atoms with Gasteiger partial charge in [0.2, 0.25) is 0 Å². The number of nitrogens with two attached hydrogens (primary N) is 1. The number of thioether (sulfide) groups is 1. The average molecular weight is 315 g/mol. The van der Waals surface area contributed by atoms with Crippen molar-refractivity contribution in [2.75, 3.05) is 23.5 Å². The second-order valence-electron chi connectivity index (χ2n) is 4.62. The van der Waals surface area contributed by atoms with Crippen LogP contribution in [0.3, 0.4) is 0 Å². The molecule has 17 heavy (non-hydrogen) atoms. The van der Waals surface area contributed by atoms with E-state index in [0.29, 0.717) is 6.04 Å². The number of rotatable bonds is 3. The summed E-state index contributed by atoms with van der Waals surface area (Å²) >= 11 is 5.66. The molecule has 0 bridgehead atoms. The molecule has 2 N–H and O–H groups in total. The summed E-state index contributed by atoms with van der Waals surface area (Å²) in [5, 5.41) is 0. The molecule has 0 spiro atoms. The first-order valence-corrected chi connectivity index (χ1v) is 7.90. The number of nitrogens with zero attached hydrogens (tertiary/aromatic N) is 1. The summed E-state index contributed by atoms with van der Waals surface area (Å²) in [6, 6.07) is 7.23. The Bertz CT molecular complexity index is 389. The van der Waals surface area contributed by atoms with E-state index in [1.165, 1.54) is 29.2 Å². The van der Waals surface area contributed by atoms with E-state index >= 15 is 0 Å². The summed E-state index contributed by atoms with van der Waals surface area (Å²) in [6.07, 6.45) is 1.29. The van der Waals surface area contributed by atoms with Crippen molar-refractivity contribution in [2.45, 2.75) is 25.4 Å². The third-order valence-electron chi connectivity index (χ3n) is 3.34. The molecule has 1 aliphatic rings. The van der Waals surface area contributed by atoms with Gasteiger partial charge in [0.15, 0.2) is 0 Å². The maximum absolute atomic E-state index is 5.92. The zero-order chi connectivity index (χ0) is 12.4. The van der Waals surface area contributed by atoms with Gasteiger partial charge in [0, 0.05) is 35.0 Å². The Balaban J connectivity index is 2.18. The highest BCUT2D eigenvalue weighted by Crippen LogP contribution is 2.30. The predicted molar refractivity (Wildman–Crippen MR) is 80.9 cm³/mol. The van der Waals surface area contributed by atoms with Gasteiger partial charge in [0.05, 0.1) is 0 Å². The van der Waals surface area contributed by atoms with Crippen LogP contribution in [0.5, 0.6) is 0 Å². The summed E-state index contributed by atoms with van der Waals surface area (Å²) in [5.41, 5.74) is 8.36. The Hall–Kier alpha value is -0.190. The van der Waals surface area contributed by atoms with Crippen LogP contribution in [-0.2, 0) is 0 Å². The minimum Gasteiger partial charge on any atom is -0.371 e. The minimum atomic E-state index is 0.0748. The molecule has 0 saturated carbocycles. The zero-order valence-electron chi connectivity index (χ0n) is 10.3. The smallest absolute Gasteiger partial charge is 0.0385 e. The van der Waals surface area contributed by atoms with Crippen LogP contribution >= 0.6 is 27.7 Å². The van der Waals surface area contributed by atoms with Crippen LogP contribution < -0.4 is 10.6 Å². The van der Waals surface area contributed by atoms with Gasteiger partial charge in [-0.15, -0.1) is 0 Å². The van der Waals surface area contributed by atoms with Crippen LogP contribution in [0.25, 0.3) is 0 Å². The van der Waals surface area contributed by atoms with Crippen molar-refractivity contribution in [3.05, 3.63) is 28.2 Å². The van der Waals surface area contributed by atoms with E-state index in [-0.39, 0.29) is 6.04 Å². The highest BCUT2D eigenvalue weighted by Gasteiger charge is 2.20. The van der Waals surface area contributed by atoms with Crippen LogP contribution in [0.4, 0.5) is 5.69 Å². The maximum Gasteiger partial charge on any atom is 0.0385 e. The number of hydrogen-bond donors (Lipinski definition) is 1. The van der Waals surface area contributed by atoms with Crippen molar-refractivity contribution < 1.29 is 0 Å². The molecule has 1 aromatic carbocycles. The van der Waals surface area contributed by atoms with Crippen LogP contribution in [0.1, 0.15) is 24.9 Å². The van der Waals surface area contributed by atoms with Gasteiger partial charge in [-0.05, 0) is 36.8 Å². The summed E-state index contributed by atoms with van der Waals surface area (Å²) < 4.78 is 1.11. The topological polar surface area (TPSA) is 29.3 Å². The largest absolute Gasteiger partial charge is 0.371 e. The van der Waals surface area contributed by atoms with Crippen molar-refractivity contribution in [1.29, 1.82) is 0 Å². The Morgan fingerprint density at radius 1 is 1.53 bits per heavy atom. The molecule has 1 fully saturated rings. The Morgan fingerprint density at radius 2 is 2.29 bits per heavy atom. The van der Waals surface area contributed by atoms with Crippen molar-refractivity contribution in [3.8, 4) is 0 Å². The molecule has 1 unspecified atom stereocenters. The third-order valence-corrected chi connectivity index (χ3v) is 5.17. The molecule has 2 rings (SSSR count). The second kappa shape index (κ2) is 5.63. The molecular formula is C13H19BrN2S. The second-order valence-corrected chi connectivity index (χ2v) is 6.63. The molecule has 4 heteroatoms. The van der Waals surface area contributed by atoms with Gasteiger partial charge in [-0.3, -0.25) is 0 Å². The summed E-state index contributed by atoms with van der Waals surface area (Å²) in [5.74, 6) is 2.53. The normalized spacial score (nSPS) is 21.5. The van der Waals surface area contributed by atoms with E-state index in [4.69, 9.17) is 5.73 Å². The van der Waals surface area contributed by atoms with E-state index < -0.39 is 0 Å². The molecule has 1 heterocycles. The lowest BCUT2D eigenvalue weighted by Gasteiger charge is -2.26. The number of anilines is 1. The molecule has 2 nitrogen and oxygen atoms in total. The SMILES string of the molecule is C[C@@H](N)c1ccc(N(C)C2CCSC2)cc1Br. The monoisotopic (exact) mass is 314 g/mol. The predicted octanol–water partition coefficient (Wildman–Crippen LogP) is 3.41. The van der Waals surface area contributed by atoms with Crippen LogP contribution in [-0.4, -0.2) is 24.6 Å². The zero-order valence-corrected chi connectivity index (χ0v) is 12.7. The van der Waals surface area contributed by atoms with E-state index in [2.05, 4.69) is 46.1 Å². The molecule has 1 aromatic rings. The first kappa shape index (κ1) is 13.2. The third kappa shape index (κ3) is 2.98. The van der Waals surface area contributed by atoms with Gasteiger partial charge < -0.3 is 10.6 Å². The van der Waals surface area contributed by atoms with Gasteiger partial charge in [-0.2, -0.15) is 11.8 Å². The number of hydrogen-bond acceptors (Lipinski definition) is 3. The van der Waals surface area contributed by atoms with Gasteiger partial charge in [-0.1, -0.05) is 22.0 Å². The molecule has 0 amide bonds. The van der Waals surface area contributed by atoms with Crippen LogP contribution in [0, 0.1) is 0 Å². The maximum atomic E-state index is 5.92. The highest BCUT2D eigenvalue weighted by atomic mass is 79.9. The summed E-state index contributed by atoms with van der Waals surface area (Å²) in [6.45, 7) is 2.01. The molecule has 94 valence electrons. The quantitative estimate of drug-likeness (QED) is 0.927. The fourth-order valence-corrected chi connectivity index (χ4v) is 4.14. The Kier molecular flexibility index (Phi) is 4.39. The summed E-state index contributed by atoms with van der Waals surface area (Å²) in [4.78, 5) is 2.38. The lowest BCUT2D eigenvalue weighted by molar-refractivity contribution is 0.699. The number of benzene rings is 1. The van der Waals surface area contributed by atoms with E-state index in [9.17, 15) is 0 Å². The molecule has 2 atom stereocenters. The van der Waals surface area contributed by atoms with Crippen molar-refractivity contribution >= 4 is 33.4 Å². The van der Waals surface area contributed by atoms with Gasteiger partial charge >= 0.3 is 0 Å². The van der Waals surface area contributed by atoms with E-state index in [1.807, 2.05) is 18.7 Å². The standard InChI is InChI=1S/C13H19BrN2S/c1-9(15)12-4-3-10(7-13(12)14)16(2)11-5-6-17-8-11/h3-4,7,9,11H,5-6,8,15H2,1-2H3/t9-,11?/m1/s1. The first-order valence-electron chi connectivity index (χ1n) is 5.95. The van der Waals surface area contributed by atoms with Crippen molar-refractivity contribution in [3.63, 3.8) is 0 Å². The fourth-order valence-electron chi connectivity index (χ4n) is 2.14. The van der Waals surface area contributed by atoms with Crippen molar-refractivity contribution in [2.24, 2.45) is 5.73 Å². The molecule has 0 aliphatic carbocycles. The lowest BCUT2D eigenvalue weighted by atomic mass is 10.1. The average Bonchev–Trinajstić information content (AvgIpc) is 2.80. The van der Waals surface area contributed by atoms with Gasteiger partial charge in [0.25, 0.3) is 0 Å². The van der Waals surface area contributed by atoms with E-state index in [0.717, 1.165) is 4.47 Å². The van der Waals surface area contributed by atoms with Crippen LogP contribution in [0.2, 0.25) is 0 Å². The lowest BCUT2D eigenvalue weighted by Crippen LogP contribution is -2.31. The molecular weight excluding hydrogens is 296 g/mol. The van der Waals surface area contributed by atoms with Gasteiger partial charge in [0.1, 0.15) is 0 Å². The number of halogens is 1. The van der Waals surface area contributed by atoms with Gasteiger partial charge in [-0.25, -0.2) is 0 Å².